The van der Waals surface area contributed by atoms with Gasteiger partial charge in [-0.3, -0.25) is 0 Å². The van der Waals surface area contributed by atoms with E-state index in [2.05, 4.69) is 57.1 Å². The molecule has 0 saturated carbocycles. The van der Waals surface area contributed by atoms with Gasteiger partial charge in [0, 0.05) is 12.8 Å². The van der Waals surface area contributed by atoms with Crippen LogP contribution >= 0.6 is 0 Å². The first-order valence-electron chi connectivity index (χ1n) is 18.4. The summed E-state index contributed by atoms with van der Waals surface area (Å²) in [6.45, 7) is 6.50. The van der Waals surface area contributed by atoms with Crippen LogP contribution in [0.25, 0.3) is 0 Å². The molecule has 0 amide bonds. The Morgan fingerprint density at radius 1 is 0.561 bits per heavy atom. The van der Waals surface area contributed by atoms with Crippen molar-refractivity contribution in [3.05, 3.63) is 24.3 Å². The second kappa shape index (κ2) is 28.1. The van der Waals surface area contributed by atoms with Crippen molar-refractivity contribution in [2.45, 2.75) is 193 Å². The van der Waals surface area contributed by atoms with Gasteiger partial charge in [-0.15, -0.1) is 0 Å². The predicted octanol–water partition coefficient (Wildman–Crippen LogP) is 12.0. The Morgan fingerprint density at radius 2 is 0.976 bits per heavy atom. The lowest BCUT2D eigenvalue weighted by Gasteiger charge is -2.28. The number of rotatable bonds is 30. The van der Waals surface area contributed by atoms with Gasteiger partial charge in [-0.05, 0) is 97.7 Å². The quantitative estimate of drug-likeness (QED) is 0.0628. The highest BCUT2D eigenvalue weighted by atomic mass is 16.7. The van der Waals surface area contributed by atoms with Gasteiger partial charge >= 0.3 is 0 Å². The van der Waals surface area contributed by atoms with Gasteiger partial charge in [0.2, 0.25) is 0 Å². The van der Waals surface area contributed by atoms with Crippen molar-refractivity contribution in [3.8, 4) is 0 Å². The molecule has 1 heterocycles. The zero-order chi connectivity index (χ0) is 29.7. The van der Waals surface area contributed by atoms with E-state index in [0.29, 0.717) is 0 Å². The number of nitrogens with zero attached hydrogens (tertiary/aromatic N) is 1. The van der Waals surface area contributed by atoms with Crippen molar-refractivity contribution in [3.63, 3.8) is 0 Å². The van der Waals surface area contributed by atoms with E-state index in [0.717, 1.165) is 32.4 Å². The Labute approximate surface area is 258 Å². The van der Waals surface area contributed by atoms with Crippen molar-refractivity contribution < 1.29 is 9.47 Å². The lowest BCUT2D eigenvalue weighted by molar-refractivity contribution is -0.180. The van der Waals surface area contributed by atoms with Crippen LogP contribution in [0.1, 0.15) is 181 Å². The lowest BCUT2D eigenvalue weighted by Crippen LogP contribution is -2.31. The fraction of sp³-hybridized carbons (Fsp3) is 0.895. The first kappa shape index (κ1) is 38.4. The van der Waals surface area contributed by atoms with E-state index in [-0.39, 0.29) is 11.9 Å². The fourth-order valence-electron chi connectivity index (χ4n) is 6.00. The molecular weight excluding hydrogens is 502 g/mol. The molecule has 0 spiro atoms. The number of ether oxygens (including phenoxy) is 2. The minimum absolute atomic E-state index is 0.289. The van der Waals surface area contributed by atoms with Crippen molar-refractivity contribution in [1.29, 1.82) is 0 Å². The molecule has 1 rings (SSSR count). The molecule has 1 unspecified atom stereocenters. The largest absolute Gasteiger partial charge is 0.347 e. The number of unbranched alkanes of at least 4 members (excludes halogenated alkanes) is 18. The number of hydrogen-bond acceptors (Lipinski definition) is 3. The van der Waals surface area contributed by atoms with Crippen LogP contribution in [0.4, 0.5) is 0 Å². The molecule has 0 aromatic heterocycles. The van der Waals surface area contributed by atoms with Gasteiger partial charge in [0.05, 0.1) is 12.7 Å². The maximum absolute atomic E-state index is 6.69. The summed E-state index contributed by atoms with van der Waals surface area (Å²) in [4.78, 5) is 2.27. The van der Waals surface area contributed by atoms with Crippen LogP contribution in [0.3, 0.4) is 0 Å². The minimum atomic E-state index is -0.302. The van der Waals surface area contributed by atoms with E-state index >= 15 is 0 Å². The van der Waals surface area contributed by atoms with Gasteiger partial charge in [-0.25, -0.2) is 0 Å². The van der Waals surface area contributed by atoms with Crippen LogP contribution < -0.4 is 0 Å². The van der Waals surface area contributed by atoms with E-state index in [4.69, 9.17) is 9.47 Å². The molecule has 0 N–H and O–H groups in total. The standard InChI is InChI=1S/C38H73NO2/c1-5-7-9-11-13-15-17-19-21-23-25-27-29-33-38(40-36-37(41-38)32-31-35-39(3)4)34-30-28-26-24-22-20-18-16-14-12-10-8-6-2/h15-18,37H,5-14,19-36H2,1-4H3/b17-15-,18-16-. The molecule has 1 aliphatic heterocycles. The average molecular weight is 576 g/mol. The third-order valence-electron chi connectivity index (χ3n) is 8.68. The van der Waals surface area contributed by atoms with Crippen LogP contribution in [-0.4, -0.2) is 44.0 Å². The molecule has 41 heavy (non-hydrogen) atoms. The van der Waals surface area contributed by atoms with Gasteiger partial charge in [0.1, 0.15) is 0 Å². The minimum Gasteiger partial charge on any atom is -0.347 e. The highest BCUT2D eigenvalue weighted by molar-refractivity contribution is 4.83. The molecule has 1 saturated heterocycles. The molecule has 1 atom stereocenters. The summed E-state index contributed by atoms with van der Waals surface area (Å²) in [6, 6.07) is 0. The lowest BCUT2D eigenvalue weighted by atomic mass is 9.99. The Bertz CT molecular complexity index is 563. The first-order valence-corrected chi connectivity index (χ1v) is 18.4. The van der Waals surface area contributed by atoms with Gasteiger partial charge in [-0.1, -0.05) is 115 Å². The molecule has 242 valence electrons. The van der Waals surface area contributed by atoms with Crippen LogP contribution in [0.15, 0.2) is 24.3 Å². The maximum atomic E-state index is 6.69. The van der Waals surface area contributed by atoms with Crippen molar-refractivity contribution >= 4 is 0 Å². The smallest absolute Gasteiger partial charge is 0.168 e. The molecule has 3 nitrogen and oxygen atoms in total. The summed E-state index contributed by atoms with van der Waals surface area (Å²) in [5.74, 6) is -0.302. The predicted molar refractivity (Wildman–Crippen MR) is 182 cm³/mol. The zero-order valence-electron chi connectivity index (χ0n) is 28.4. The van der Waals surface area contributed by atoms with E-state index in [1.165, 1.54) is 148 Å². The van der Waals surface area contributed by atoms with Crippen molar-refractivity contribution in [1.82, 2.24) is 4.90 Å². The third-order valence-corrected chi connectivity index (χ3v) is 8.68. The molecule has 1 aliphatic rings. The summed E-state index contributed by atoms with van der Waals surface area (Å²) in [6.07, 6.45) is 43.6. The van der Waals surface area contributed by atoms with Gasteiger partial charge in [0.15, 0.2) is 5.79 Å². The summed E-state index contributed by atoms with van der Waals surface area (Å²) >= 11 is 0. The average Bonchev–Trinajstić information content (AvgIpc) is 3.36. The molecule has 1 fully saturated rings. The molecular formula is C38H73NO2. The van der Waals surface area contributed by atoms with Crippen molar-refractivity contribution in [2.75, 3.05) is 27.2 Å². The molecule has 3 heteroatoms. The molecule has 0 aromatic carbocycles. The summed E-state index contributed by atoms with van der Waals surface area (Å²) < 4.78 is 13.2. The summed E-state index contributed by atoms with van der Waals surface area (Å²) in [5.41, 5.74) is 0. The Kier molecular flexibility index (Phi) is 26.4. The van der Waals surface area contributed by atoms with Crippen LogP contribution in [0.5, 0.6) is 0 Å². The number of hydrogen-bond donors (Lipinski definition) is 0. The highest BCUT2D eigenvalue weighted by Crippen LogP contribution is 2.36. The van der Waals surface area contributed by atoms with Crippen LogP contribution in [0.2, 0.25) is 0 Å². The second-order valence-corrected chi connectivity index (χ2v) is 13.2. The maximum Gasteiger partial charge on any atom is 0.168 e. The monoisotopic (exact) mass is 576 g/mol. The van der Waals surface area contributed by atoms with Gasteiger partial charge < -0.3 is 14.4 Å². The first-order chi connectivity index (χ1) is 20.1. The van der Waals surface area contributed by atoms with Gasteiger partial charge in [0.25, 0.3) is 0 Å². The molecule has 0 aliphatic carbocycles. The highest BCUT2D eigenvalue weighted by Gasteiger charge is 2.40. The van der Waals surface area contributed by atoms with E-state index in [1.807, 2.05) is 0 Å². The normalized spacial score (nSPS) is 17.1. The molecule has 0 radical (unpaired) electrons. The van der Waals surface area contributed by atoms with E-state index < -0.39 is 0 Å². The zero-order valence-corrected chi connectivity index (χ0v) is 28.4. The number of allylic oxidation sites excluding steroid dienone is 4. The fourth-order valence-corrected chi connectivity index (χ4v) is 6.00. The van der Waals surface area contributed by atoms with Gasteiger partial charge in [-0.2, -0.15) is 0 Å². The topological polar surface area (TPSA) is 21.7 Å². The SMILES string of the molecule is CCCCCC/C=C\CCCCCCCC1(CCCCCCC/C=C\CCCCCC)OCC(CCCN(C)C)O1. The van der Waals surface area contributed by atoms with Crippen LogP contribution in [-0.2, 0) is 9.47 Å². The van der Waals surface area contributed by atoms with Crippen molar-refractivity contribution in [2.24, 2.45) is 0 Å². The second-order valence-electron chi connectivity index (χ2n) is 13.2. The third kappa shape index (κ3) is 23.5. The summed E-state index contributed by atoms with van der Waals surface area (Å²) in [7, 11) is 4.32. The van der Waals surface area contributed by atoms with E-state index in [1.54, 1.807) is 0 Å². The Hall–Kier alpha value is -0.640. The molecule has 0 bridgehead atoms. The Morgan fingerprint density at radius 3 is 1.41 bits per heavy atom. The summed E-state index contributed by atoms with van der Waals surface area (Å²) in [5, 5.41) is 0. The molecule has 0 aromatic rings. The Balaban J connectivity index is 2.22. The van der Waals surface area contributed by atoms with Crippen LogP contribution in [0, 0.1) is 0 Å². The van der Waals surface area contributed by atoms with E-state index in [9.17, 15) is 0 Å².